The second-order valence-corrected chi connectivity index (χ2v) is 7.45. The number of nitrogens with zero attached hydrogens (tertiary/aromatic N) is 7. The van der Waals surface area contributed by atoms with E-state index in [4.69, 9.17) is 13.7 Å². The summed E-state index contributed by atoms with van der Waals surface area (Å²) in [7, 11) is 0. The average molecular weight is 445 g/mol. The topological polar surface area (TPSA) is 134 Å². The van der Waals surface area contributed by atoms with Gasteiger partial charge >= 0.3 is 5.97 Å². The van der Waals surface area contributed by atoms with Gasteiger partial charge in [0.15, 0.2) is 12.4 Å². The zero-order chi connectivity index (χ0) is 22.9. The summed E-state index contributed by atoms with van der Waals surface area (Å²) in [6, 6.07) is 11.4. The van der Waals surface area contributed by atoms with Gasteiger partial charge < -0.3 is 13.7 Å². The van der Waals surface area contributed by atoms with Crippen molar-refractivity contribution in [2.24, 2.45) is 0 Å². The van der Waals surface area contributed by atoms with Gasteiger partial charge in [-0.15, -0.1) is 15.3 Å². The van der Waals surface area contributed by atoms with E-state index in [1.165, 1.54) is 0 Å². The van der Waals surface area contributed by atoms with Crippen LogP contribution in [0.3, 0.4) is 0 Å². The summed E-state index contributed by atoms with van der Waals surface area (Å²) < 4.78 is 17.9. The maximum atomic E-state index is 12.3. The third-order valence-corrected chi connectivity index (χ3v) is 4.91. The fourth-order valence-electron chi connectivity index (χ4n) is 3.44. The molecule has 0 radical (unpaired) electrons. The van der Waals surface area contributed by atoms with E-state index in [-0.39, 0.29) is 24.8 Å². The van der Waals surface area contributed by atoms with Gasteiger partial charge in [0, 0.05) is 17.0 Å². The molecule has 166 valence electrons. The van der Waals surface area contributed by atoms with Crippen LogP contribution in [0.5, 0.6) is 0 Å². The Morgan fingerprint density at radius 3 is 2.73 bits per heavy atom. The van der Waals surface area contributed by atoms with Crippen molar-refractivity contribution in [1.82, 2.24) is 34.9 Å². The highest BCUT2D eigenvalue weighted by Gasteiger charge is 2.22. The van der Waals surface area contributed by atoms with E-state index in [2.05, 4.69) is 30.4 Å². The van der Waals surface area contributed by atoms with Gasteiger partial charge in [0.25, 0.3) is 17.6 Å². The number of aromatic nitrogens is 7. The lowest BCUT2D eigenvalue weighted by Gasteiger charge is -2.00. The minimum Gasteiger partial charge on any atom is -0.455 e. The zero-order valence-electron chi connectivity index (χ0n) is 18.1. The van der Waals surface area contributed by atoms with E-state index in [1.54, 1.807) is 11.4 Å². The fourth-order valence-corrected chi connectivity index (χ4v) is 3.44. The van der Waals surface area contributed by atoms with E-state index in [0.717, 1.165) is 17.0 Å². The Bertz CT molecular complexity index is 1450. The number of hydrogen-bond donors (Lipinski definition) is 0. The molecule has 0 fully saturated rings. The van der Waals surface area contributed by atoms with Crippen LogP contribution in [0.25, 0.3) is 28.5 Å². The van der Waals surface area contributed by atoms with Gasteiger partial charge in [-0.3, -0.25) is 4.79 Å². The lowest BCUT2D eigenvalue weighted by atomic mass is 10.1. The van der Waals surface area contributed by atoms with Crippen LogP contribution in [-0.2, 0) is 22.6 Å². The molecule has 0 aliphatic rings. The third-order valence-electron chi connectivity index (χ3n) is 4.91. The number of carbonyl (C=O) groups excluding carboxylic acids is 1. The van der Waals surface area contributed by atoms with E-state index in [9.17, 15) is 4.79 Å². The zero-order valence-corrected chi connectivity index (χ0v) is 18.1. The van der Waals surface area contributed by atoms with Crippen molar-refractivity contribution in [2.75, 3.05) is 0 Å². The monoisotopic (exact) mass is 445 g/mol. The first kappa shape index (κ1) is 20.5. The minimum absolute atomic E-state index is 0.105. The Labute approximate surface area is 187 Å². The van der Waals surface area contributed by atoms with Crippen LogP contribution in [0.2, 0.25) is 0 Å². The molecule has 0 bridgehead atoms. The van der Waals surface area contributed by atoms with Gasteiger partial charge in [-0.1, -0.05) is 35.5 Å². The van der Waals surface area contributed by atoms with E-state index in [1.807, 2.05) is 50.2 Å². The van der Waals surface area contributed by atoms with Crippen molar-refractivity contribution in [3.05, 3.63) is 65.3 Å². The number of fused-ring (bicyclic) bond motifs is 1. The van der Waals surface area contributed by atoms with Crippen LogP contribution in [-0.4, -0.2) is 40.9 Å². The Hall–Kier alpha value is -4.41. The minimum atomic E-state index is -0.522. The van der Waals surface area contributed by atoms with Crippen molar-refractivity contribution in [1.29, 1.82) is 0 Å². The van der Waals surface area contributed by atoms with Crippen LogP contribution < -0.4 is 0 Å². The smallest absolute Gasteiger partial charge is 0.314 e. The first-order valence-corrected chi connectivity index (χ1v) is 10.2. The molecule has 11 nitrogen and oxygen atoms in total. The number of aryl methyl sites for hydroxylation is 3. The molecule has 1 aromatic carbocycles. The van der Waals surface area contributed by atoms with Crippen molar-refractivity contribution in [3.63, 3.8) is 0 Å². The number of ether oxygens (including phenoxy) is 1. The maximum absolute atomic E-state index is 12.3. The summed E-state index contributed by atoms with van der Waals surface area (Å²) in [5, 5.41) is 16.5. The molecule has 5 rings (SSSR count). The Kier molecular flexibility index (Phi) is 5.13. The number of rotatable bonds is 6. The molecule has 0 aliphatic heterocycles. The first-order chi connectivity index (χ1) is 16.0. The van der Waals surface area contributed by atoms with Crippen molar-refractivity contribution in [3.8, 4) is 22.7 Å². The van der Waals surface area contributed by atoms with E-state index >= 15 is 0 Å². The number of benzene rings is 1. The molecule has 0 aliphatic carbocycles. The molecule has 5 aromatic rings. The molecule has 0 N–H and O–H groups in total. The first-order valence-electron chi connectivity index (χ1n) is 10.2. The van der Waals surface area contributed by atoms with Gasteiger partial charge in [-0.2, -0.15) is 4.98 Å². The second kappa shape index (κ2) is 8.26. The van der Waals surface area contributed by atoms with Gasteiger partial charge in [-0.25, -0.2) is 9.50 Å². The number of hydrogen-bond acceptors (Lipinski definition) is 10. The summed E-state index contributed by atoms with van der Waals surface area (Å²) in [6.45, 7) is 5.35. The second-order valence-electron chi connectivity index (χ2n) is 7.45. The highest BCUT2D eigenvalue weighted by atomic mass is 16.5. The molecular weight excluding hydrogens is 426 g/mol. The van der Waals surface area contributed by atoms with Crippen molar-refractivity contribution >= 4 is 11.7 Å². The van der Waals surface area contributed by atoms with Crippen molar-refractivity contribution in [2.45, 2.75) is 33.8 Å². The summed E-state index contributed by atoms with van der Waals surface area (Å²) in [6.07, 6.45) is -0.105. The summed E-state index contributed by atoms with van der Waals surface area (Å²) >= 11 is 0. The summed E-state index contributed by atoms with van der Waals surface area (Å²) in [5.74, 6) is 1.16. The fraction of sp³-hybridized carbons (Fsp3) is 0.227. The quantitative estimate of drug-likeness (QED) is 0.359. The molecule has 0 saturated heterocycles. The highest BCUT2D eigenvalue weighted by molar-refractivity contribution is 5.77. The number of esters is 1. The predicted molar refractivity (Wildman–Crippen MR) is 114 cm³/mol. The molecule has 33 heavy (non-hydrogen) atoms. The van der Waals surface area contributed by atoms with Gasteiger partial charge in [-0.05, 0) is 26.8 Å². The molecule has 4 aromatic heterocycles. The predicted octanol–water partition coefficient (Wildman–Crippen LogP) is 3.04. The molecule has 0 unspecified atom stereocenters. The highest BCUT2D eigenvalue weighted by Crippen LogP contribution is 2.33. The number of carbonyl (C=O) groups is 1. The average Bonchev–Trinajstić information content (AvgIpc) is 3.51. The van der Waals surface area contributed by atoms with E-state index < -0.39 is 5.97 Å². The van der Waals surface area contributed by atoms with Crippen LogP contribution in [0.1, 0.15) is 28.9 Å². The lowest BCUT2D eigenvalue weighted by molar-refractivity contribution is -0.144. The third kappa shape index (κ3) is 4.07. The molecule has 4 heterocycles. The van der Waals surface area contributed by atoms with Crippen LogP contribution >= 0.6 is 0 Å². The maximum Gasteiger partial charge on any atom is 0.314 e. The van der Waals surface area contributed by atoms with Crippen LogP contribution in [0.15, 0.2) is 45.3 Å². The molecule has 0 amide bonds. The Balaban J connectivity index is 1.27. The van der Waals surface area contributed by atoms with Gasteiger partial charge in [0.2, 0.25) is 0 Å². The molecule has 11 heteroatoms. The van der Waals surface area contributed by atoms with Gasteiger partial charge in [0.1, 0.15) is 23.4 Å². The molecule has 0 atom stereocenters. The molecule has 0 spiro atoms. The summed E-state index contributed by atoms with van der Waals surface area (Å²) in [4.78, 5) is 20.9. The standard InChI is InChI=1S/C22H19N7O4/c1-12-9-13(2)29-22(23-12)24-16(27-29)10-18(30)31-11-17-25-26-21(32-17)19-14(3)33-28-20(19)15-7-5-4-6-8-15/h4-9H,10-11H2,1-3H3. The SMILES string of the molecule is Cc1cc(C)n2nc(CC(=O)OCc3nnc(-c4c(-c5ccccc5)noc4C)o3)nc2n1. The molecular formula is C22H19N7O4. The Morgan fingerprint density at radius 2 is 1.91 bits per heavy atom. The lowest BCUT2D eigenvalue weighted by Crippen LogP contribution is -2.09. The molecule has 0 saturated carbocycles. The van der Waals surface area contributed by atoms with Gasteiger partial charge in [0.05, 0.1) is 0 Å². The Morgan fingerprint density at radius 1 is 1.09 bits per heavy atom. The van der Waals surface area contributed by atoms with Crippen LogP contribution in [0, 0.1) is 20.8 Å². The van der Waals surface area contributed by atoms with Crippen molar-refractivity contribution < 1.29 is 18.5 Å². The van der Waals surface area contributed by atoms with Crippen LogP contribution in [0.4, 0.5) is 0 Å². The largest absolute Gasteiger partial charge is 0.455 e. The normalized spacial score (nSPS) is 11.2. The van der Waals surface area contributed by atoms with E-state index in [0.29, 0.717) is 28.6 Å². The summed E-state index contributed by atoms with van der Waals surface area (Å²) in [5.41, 5.74) is 3.75.